The van der Waals surface area contributed by atoms with Crippen LogP contribution in [0.2, 0.25) is 0 Å². The van der Waals surface area contributed by atoms with Crippen LogP contribution in [0.15, 0.2) is 66.7 Å². The molecule has 2 aromatic rings. The van der Waals surface area contributed by atoms with Gasteiger partial charge in [-0.3, -0.25) is 0 Å². The second kappa shape index (κ2) is 9.22. The van der Waals surface area contributed by atoms with Crippen molar-refractivity contribution in [2.45, 2.75) is 0 Å². The molecule has 0 fully saturated rings. The summed E-state index contributed by atoms with van der Waals surface area (Å²) in [7, 11) is 0. The zero-order chi connectivity index (χ0) is 11.2. The Labute approximate surface area is 130 Å². The Kier molecular flexibility index (Phi) is 8.84. The first-order valence-corrected chi connectivity index (χ1v) is 6.15. The predicted octanol–water partition coefficient (Wildman–Crippen LogP) is 4.31. The number of benzene rings is 2. The van der Waals surface area contributed by atoms with Crippen LogP contribution in [0.4, 0.5) is 0 Å². The van der Waals surface area contributed by atoms with E-state index in [4.69, 9.17) is 0 Å². The van der Waals surface area contributed by atoms with Crippen LogP contribution in [0, 0.1) is 0 Å². The van der Waals surface area contributed by atoms with Crippen LogP contribution >= 0.6 is 24.8 Å². The number of rotatable bonds is 3. The molecule has 0 nitrogen and oxygen atoms in total. The third-order valence-electron chi connectivity index (χ3n) is 2.40. The summed E-state index contributed by atoms with van der Waals surface area (Å²) in [6.07, 6.45) is 2.13. The van der Waals surface area contributed by atoms with Gasteiger partial charge in [0.15, 0.2) is 0 Å². The molecule has 0 spiro atoms. The topological polar surface area (TPSA) is 0 Å². The molecular weight excluding hydrogens is 352 g/mol. The third-order valence-corrected chi connectivity index (χ3v) is 2.68. The minimum atomic E-state index is 0. The quantitative estimate of drug-likeness (QED) is 0.711. The predicted molar refractivity (Wildman–Crippen MR) is 80.5 cm³/mol. The minimum absolute atomic E-state index is 0. The molecule has 0 atom stereocenters. The molecule has 2 rings (SSSR count). The Morgan fingerprint density at radius 1 is 0.722 bits per heavy atom. The van der Waals surface area contributed by atoms with E-state index in [9.17, 15) is 0 Å². The molecule has 3 heteroatoms. The van der Waals surface area contributed by atoms with Gasteiger partial charge in [0.1, 0.15) is 0 Å². The van der Waals surface area contributed by atoms with Gasteiger partial charge in [0.2, 0.25) is 0 Å². The van der Waals surface area contributed by atoms with Gasteiger partial charge in [-0.05, 0) is 0 Å². The number of hydrogen-bond acceptors (Lipinski definition) is 0. The molecule has 96 valence electrons. The second-order valence-corrected chi connectivity index (χ2v) is 4.01. The van der Waals surface area contributed by atoms with Crippen LogP contribution in [0.3, 0.4) is 0 Å². The summed E-state index contributed by atoms with van der Waals surface area (Å²) in [6, 6.07) is 20.9. The summed E-state index contributed by atoms with van der Waals surface area (Å²) in [4.78, 5) is 0. The summed E-state index contributed by atoms with van der Waals surface area (Å²) in [5.41, 5.74) is 3.74. The number of halogens is 2. The maximum atomic E-state index is 2.53. The normalized spacial score (nSPS) is 8.50. The van der Waals surface area contributed by atoms with Crippen LogP contribution in [0.1, 0.15) is 11.1 Å². The molecule has 0 unspecified atom stereocenters. The zero-order valence-electron chi connectivity index (χ0n) is 9.60. The zero-order valence-corrected chi connectivity index (χ0v) is 13.0. The molecule has 0 radical (unpaired) electrons. The van der Waals surface area contributed by atoms with Crippen molar-refractivity contribution in [1.29, 1.82) is 0 Å². The second-order valence-electron chi connectivity index (χ2n) is 3.43. The fraction of sp³-hybridized carbons (Fsp3) is 0. The molecule has 0 aromatic heterocycles. The van der Waals surface area contributed by atoms with Crippen molar-refractivity contribution < 1.29 is 17.9 Å². The number of allylic oxidation sites excluding steroid dienone is 1. The van der Waals surface area contributed by atoms with Gasteiger partial charge >= 0.3 is 106 Å². The first-order chi connectivity index (χ1) is 7.92. The first-order valence-electron chi connectivity index (χ1n) is 5.15. The van der Waals surface area contributed by atoms with E-state index in [0.29, 0.717) is 0 Å². The van der Waals surface area contributed by atoms with Crippen molar-refractivity contribution in [3.8, 4) is 0 Å². The van der Waals surface area contributed by atoms with Crippen molar-refractivity contribution in [1.82, 2.24) is 0 Å². The monoisotopic (exact) mass is 366 g/mol. The van der Waals surface area contributed by atoms with E-state index in [1.165, 1.54) is 16.7 Å². The molecule has 0 saturated carbocycles. The Hall–Kier alpha value is -0.747. The van der Waals surface area contributed by atoms with Crippen molar-refractivity contribution in [3.63, 3.8) is 0 Å². The van der Waals surface area contributed by atoms with E-state index in [0.717, 1.165) is 0 Å². The van der Waals surface area contributed by atoms with Gasteiger partial charge in [-0.2, -0.15) is 0 Å². The Balaban J connectivity index is 0.00000144. The molecule has 18 heavy (non-hydrogen) atoms. The summed E-state index contributed by atoms with van der Waals surface area (Å²) < 4.78 is 2.01. The third kappa shape index (κ3) is 4.50. The molecule has 2 aromatic carbocycles. The Bertz CT molecular complexity index is 451. The van der Waals surface area contributed by atoms with Gasteiger partial charge in [-0.1, -0.05) is 0 Å². The van der Waals surface area contributed by atoms with Crippen LogP contribution < -0.4 is 0 Å². The van der Waals surface area contributed by atoms with Crippen LogP contribution in [0.25, 0.3) is 5.57 Å². The Morgan fingerprint density at radius 3 is 1.44 bits per heavy atom. The summed E-state index contributed by atoms with van der Waals surface area (Å²) in [6.45, 7) is 0. The summed E-state index contributed by atoms with van der Waals surface area (Å²) in [5, 5.41) is 0. The molecule has 0 N–H and O–H groups in total. The summed E-state index contributed by atoms with van der Waals surface area (Å²) in [5.74, 6) is 0. The molecule has 0 saturated heterocycles. The van der Waals surface area contributed by atoms with Gasteiger partial charge in [-0.15, -0.1) is 24.8 Å². The van der Waals surface area contributed by atoms with Crippen LogP contribution in [-0.4, -0.2) is 4.61 Å². The SMILES string of the molecule is Cl.Cl.[Ru]=[CH]C=C(c1ccccc1)c1ccccc1. The standard InChI is InChI=1S/C15H12.2ClH.Ru/c1-2-15(13-9-5-3-6-10-13)14-11-7-4-8-12-14;;;/h1-12H;2*1H;. The van der Waals surface area contributed by atoms with E-state index < -0.39 is 0 Å². The number of hydrogen-bond donors (Lipinski definition) is 0. The van der Waals surface area contributed by atoms with Crippen molar-refractivity contribution in [2.24, 2.45) is 0 Å². The van der Waals surface area contributed by atoms with Crippen LogP contribution in [-0.2, 0) is 17.9 Å². The van der Waals surface area contributed by atoms with E-state index in [1.54, 1.807) is 0 Å². The van der Waals surface area contributed by atoms with Crippen LogP contribution in [0.5, 0.6) is 0 Å². The van der Waals surface area contributed by atoms with Gasteiger partial charge in [0.25, 0.3) is 0 Å². The first kappa shape index (κ1) is 17.3. The fourth-order valence-electron chi connectivity index (χ4n) is 1.65. The molecule has 0 bridgehead atoms. The van der Waals surface area contributed by atoms with E-state index in [2.05, 4.69) is 72.5 Å². The van der Waals surface area contributed by atoms with Crippen molar-refractivity contribution in [2.75, 3.05) is 0 Å². The van der Waals surface area contributed by atoms with Gasteiger partial charge in [-0.25, -0.2) is 0 Å². The molecule has 0 heterocycles. The average molecular weight is 366 g/mol. The van der Waals surface area contributed by atoms with E-state index in [1.807, 2.05) is 16.7 Å². The molecule has 0 aliphatic carbocycles. The summed E-state index contributed by atoms with van der Waals surface area (Å²) >= 11 is 2.53. The van der Waals surface area contributed by atoms with Crippen molar-refractivity contribution >= 4 is 35.0 Å². The maximum absolute atomic E-state index is 2.53. The van der Waals surface area contributed by atoms with Gasteiger partial charge in [0.05, 0.1) is 0 Å². The Morgan fingerprint density at radius 2 is 1.11 bits per heavy atom. The molecule has 0 aliphatic heterocycles. The van der Waals surface area contributed by atoms with E-state index >= 15 is 0 Å². The molecule has 0 amide bonds. The van der Waals surface area contributed by atoms with Gasteiger partial charge in [0, 0.05) is 0 Å². The average Bonchev–Trinajstić information content (AvgIpc) is 2.38. The molecular formula is C15H14Cl2Ru. The fourth-order valence-corrected chi connectivity index (χ4v) is 1.94. The van der Waals surface area contributed by atoms with Crippen molar-refractivity contribution in [3.05, 3.63) is 77.9 Å². The van der Waals surface area contributed by atoms with Gasteiger partial charge < -0.3 is 0 Å². The molecule has 0 aliphatic rings. The van der Waals surface area contributed by atoms with E-state index in [-0.39, 0.29) is 24.8 Å².